The van der Waals surface area contributed by atoms with E-state index in [-0.39, 0.29) is 0 Å². The first-order valence-electron chi connectivity index (χ1n) is 12.0. The van der Waals surface area contributed by atoms with Crippen molar-refractivity contribution in [1.82, 2.24) is 4.90 Å². The first kappa shape index (κ1) is 21.5. The highest BCUT2D eigenvalue weighted by Gasteiger charge is 2.50. The van der Waals surface area contributed by atoms with Crippen LogP contribution in [0.4, 0.5) is 4.39 Å². The van der Waals surface area contributed by atoms with Gasteiger partial charge in [0, 0.05) is 19.6 Å². The van der Waals surface area contributed by atoms with Crippen molar-refractivity contribution in [3.8, 4) is 0 Å². The van der Waals surface area contributed by atoms with Gasteiger partial charge in [-0.3, -0.25) is 0 Å². The van der Waals surface area contributed by atoms with Crippen LogP contribution in [-0.2, 0) is 0 Å². The molecule has 3 nitrogen and oxygen atoms in total. The highest BCUT2D eigenvalue weighted by molar-refractivity contribution is 5.26. The summed E-state index contributed by atoms with van der Waals surface area (Å²) in [5.41, 5.74) is 3.14. The lowest BCUT2D eigenvalue weighted by molar-refractivity contribution is 0.0609. The summed E-state index contributed by atoms with van der Waals surface area (Å²) in [6, 6.07) is 0. The summed E-state index contributed by atoms with van der Waals surface area (Å²) >= 11 is 0. The van der Waals surface area contributed by atoms with Crippen LogP contribution in [0.1, 0.15) is 71.6 Å². The Labute approximate surface area is 176 Å². The number of aliphatic hydroxyl groups is 2. The molecule has 0 amide bonds. The molecule has 3 saturated carbocycles. The Balaban J connectivity index is 1.44. The second-order valence-electron chi connectivity index (χ2n) is 10.7. The minimum atomic E-state index is -0.622. The summed E-state index contributed by atoms with van der Waals surface area (Å²) < 4.78 is 13.6. The molecule has 0 aromatic carbocycles. The molecule has 1 saturated heterocycles. The van der Waals surface area contributed by atoms with E-state index < -0.39 is 18.4 Å². The first-order valence-corrected chi connectivity index (χ1v) is 12.0. The fourth-order valence-electron chi connectivity index (χ4n) is 7.23. The quantitative estimate of drug-likeness (QED) is 0.716. The Morgan fingerprint density at radius 2 is 1.93 bits per heavy atom. The van der Waals surface area contributed by atoms with Crippen molar-refractivity contribution in [2.75, 3.05) is 19.6 Å². The topological polar surface area (TPSA) is 43.7 Å². The smallest absolute Gasteiger partial charge is 0.114 e. The van der Waals surface area contributed by atoms with E-state index in [1.165, 1.54) is 37.7 Å². The zero-order valence-corrected chi connectivity index (χ0v) is 18.3. The van der Waals surface area contributed by atoms with Gasteiger partial charge < -0.3 is 15.1 Å². The van der Waals surface area contributed by atoms with Gasteiger partial charge in [-0.1, -0.05) is 37.1 Å². The Kier molecular flexibility index (Phi) is 6.53. The van der Waals surface area contributed by atoms with Crippen molar-refractivity contribution in [2.45, 2.75) is 90.0 Å². The van der Waals surface area contributed by atoms with Gasteiger partial charge in [-0.15, -0.1) is 0 Å². The molecule has 4 heteroatoms. The zero-order chi connectivity index (χ0) is 20.6. The molecular weight excluding hydrogens is 365 g/mol. The molecule has 4 rings (SSSR count). The summed E-state index contributed by atoms with van der Waals surface area (Å²) in [5.74, 6) is 2.00. The largest absolute Gasteiger partial charge is 0.393 e. The molecule has 4 aliphatic rings. The van der Waals surface area contributed by atoms with Gasteiger partial charge in [-0.25, -0.2) is 4.39 Å². The van der Waals surface area contributed by atoms with Crippen molar-refractivity contribution < 1.29 is 14.6 Å². The molecule has 0 aromatic heterocycles. The standard InChI is InChI=1S/C25H40FNO2/c1-17(15-27-11-9-20(26)16-27)23-7-8-24-19(4-3-10-25(23,24)2)6-5-18-12-21(28)14-22(29)13-18/h5-6,17,20-24,28-29H,3-4,7-16H2,1-2H3/b19-6+/t17-,20-,21+,22+,23+,24-,25+/m0/s1. The summed E-state index contributed by atoms with van der Waals surface area (Å²) in [6.45, 7) is 7.52. The molecule has 29 heavy (non-hydrogen) atoms. The molecule has 0 radical (unpaired) electrons. The Morgan fingerprint density at radius 3 is 2.62 bits per heavy atom. The van der Waals surface area contributed by atoms with Gasteiger partial charge >= 0.3 is 0 Å². The summed E-state index contributed by atoms with van der Waals surface area (Å²) in [5, 5.41) is 19.9. The highest BCUT2D eigenvalue weighted by Crippen LogP contribution is 2.59. The lowest BCUT2D eigenvalue weighted by Gasteiger charge is -2.45. The average Bonchev–Trinajstić information content (AvgIpc) is 3.21. The molecule has 1 aliphatic heterocycles. The minimum absolute atomic E-state index is 0.364. The maximum absolute atomic E-state index is 13.6. The predicted octanol–water partition coefficient (Wildman–Crippen LogP) is 4.64. The lowest BCUT2D eigenvalue weighted by atomic mass is 9.61. The number of hydrogen-bond acceptors (Lipinski definition) is 3. The van der Waals surface area contributed by atoms with E-state index in [1.54, 1.807) is 5.57 Å². The maximum Gasteiger partial charge on any atom is 0.114 e. The molecule has 164 valence electrons. The monoisotopic (exact) mass is 405 g/mol. The van der Waals surface area contributed by atoms with Gasteiger partial charge in [0.2, 0.25) is 0 Å². The second-order valence-corrected chi connectivity index (χ2v) is 10.7. The number of likely N-dealkylation sites (tertiary alicyclic amines) is 1. The van der Waals surface area contributed by atoms with Crippen LogP contribution in [0.5, 0.6) is 0 Å². The van der Waals surface area contributed by atoms with Gasteiger partial charge in [0.1, 0.15) is 6.17 Å². The first-order chi connectivity index (χ1) is 13.8. The minimum Gasteiger partial charge on any atom is -0.393 e. The van der Waals surface area contributed by atoms with Crippen molar-refractivity contribution in [1.29, 1.82) is 0 Å². The fourth-order valence-corrected chi connectivity index (χ4v) is 7.23. The predicted molar refractivity (Wildman–Crippen MR) is 115 cm³/mol. The van der Waals surface area contributed by atoms with Crippen LogP contribution < -0.4 is 0 Å². The second kappa shape index (κ2) is 8.80. The Bertz CT molecular complexity index is 635. The average molecular weight is 406 g/mol. The van der Waals surface area contributed by atoms with Gasteiger partial charge in [-0.05, 0) is 81.0 Å². The number of rotatable bonds is 4. The van der Waals surface area contributed by atoms with Crippen LogP contribution in [0, 0.1) is 23.2 Å². The third-order valence-corrected chi connectivity index (χ3v) is 8.56. The molecular formula is C25H40FNO2. The van der Waals surface area contributed by atoms with E-state index in [0.29, 0.717) is 49.5 Å². The van der Waals surface area contributed by atoms with Gasteiger partial charge in [-0.2, -0.15) is 0 Å². The number of hydrogen-bond donors (Lipinski definition) is 2. The number of fused-ring (bicyclic) bond motifs is 1. The van der Waals surface area contributed by atoms with Crippen LogP contribution in [-0.4, -0.2) is 53.1 Å². The maximum atomic E-state index is 13.6. The van der Waals surface area contributed by atoms with E-state index in [9.17, 15) is 14.6 Å². The van der Waals surface area contributed by atoms with E-state index in [2.05, 4.69) is 30.9 Å². The van der Waals surface area contributed by atoms with Gasteiger partial charge in [0.25, 0.3) is 0 Å². The Hall–Kier alpha value is -0.710. The summed E-state index contributed by atoms with van der Waals surface area (Å²) in [7, 11) is 0. The number of halogens is 1. The summed E-state index contributed by atoms with van der Waals surface area (Å²) in [4.78, 5) is 2.34. The van der Waals surface area contributed by atoms with Gasteiger partial charge in [0.15, 0.2) is 0 Å². The molecule has 0 bridgehead atoms. The number of aliphatic hydroxyl groups excluding tert-OH is 2. The van der Waals surface area contributed by atoms with Crippen LogP contribution in [0.25, 0.3) is 0 Å². The lowest BCUT2D eigenvalue weighted by Crippen LogP contribution is -2.39. The number of nitrogens with zero attached hydrogens (tertiary/aromatic N) is 1. The molecule has 1 heterocycles. The third-order valence-electron chi connectivity index (χ3n) is 8.56. The van der Waals surface area contributed by atoms with Crippen molar-refractivity contribution in [2.24, 2.45) is 23.2 Å². The fraction of sp³-hybridized carbons (Fsp3) is 0.840. The van der Waals surface area contributed by atoms with Crippen LogP contribution >= 0.6 is 0 Å². The van der Waals surface area contributed by atoms with Crippen LogP contribution in [0.15, 0.2) is 23.3 Å². The van der Waals surface area contributed by atoms with E-state index in [4.69, 9.17) is 0 Å². The number of alkyl halides is 1. The van der Waals surface area contributed by atoms with Crippen molar-refractivity contribution in [3.05, 3.63) is 23.3 Å². The van der Waals surface area contributed by atoms with E-state index >= 15 is 0 Å². The van der Waals surface area contributed by atoms with E-state index in [0.717, 1.165) is 19.0 Å². The van der Waals surface area contributed by atoms with E-state index in [1.807, 2.05) is 0 Å². The molecule has 3 aliphatic carbocycles. The van der Waals surface area contributed by atoms with Gasteiger partial charge in [0.05, 0.1) is 12.2 Å². The molecule has 0 spiro atoms. The molecule has 7 atom stereocenters. The third kappa shape index (κ3) is 4.65. The molecule has 2 N–H and O–H groups in total. The summed E-state index contributed by atoms with van der Waals surface area (Å²) in [6.07, 6.45) is 12.1. The van der Waals surface area contributed by atoms with Crippen molar-refractivity contribution in [3.63, 3.8) is 0 Å². The Morgan fingerprint density at radius 1 is 1.17 bits per heavy atom. The molecule has 4 fully saturated rings. The molecule has 0 aromatic rings. The molecule has 0 unspecified atom stereocenters. The van der Waals surface area contributed by atoms with Crippen molar-refractivity contribution >= 4 is 0 Å². The van der Waals surface area contributed by atoms with Crippen LogP contribution in [0.2, 0.25) is 0 Å². The highest BCUT2D eigenvalue weighted by atomic mass is 19.1. The zero-order valence-electron chi connectivity index (χ0n) is 18.3. The SMILES string of the molecule is C[C@@H](CN1CC[C@H](F)C1)[C@H]1CC[C@H]2/C(=C/C=C3C[C@@H](O)C[C@H](O)C3)CCC[C@]12C. The number of allylic oxidation sites excluding steroid dienone is 3. The van der Waals surface area contributed by atoms with Crippen LogP contribution in [0.3, 0.4) is 0 Å². The normalized spacial score (nSPS) is 43.6.